The van der Waals surface area contributed by atoms with E-state index in [1.807, 2.05) is 25.3 Å². The zero-order valence-corrected chi connectivity index (χ0v) is 19.7. The highest BCUT2D eigenvalue weighted by atomic mass is 16.5. The van der Waals surface area contributed by atoms with Crippen molar-refractivity contribution in [1.82, 2.24) is 4.57 Å². The molecule has 0 aliphatic heterocycles. The van der Waals surface area contributed by atoms with Crippen molar-refractivity contribution in [3.05, 3.63) is 53.4 Å². The van der Waals surface area contributed by atoms with Crippen molar-refractivity contribution in [1.29, 1.82) is 0 Å². The fourth-order valence-corrected chi connectivity index (χ4v) is 3.84. The average molecular weight is 455 g/mol. The second kappa shape index (κ2) is 9.94. The third kappa shape index (κ3) is 5.10. The maximum absolute atomic E-state index is 12.9. The molecule has 176 valence electrons. The number of carbonyl (C=O) groups is 3. The summed E-state index contributed by atoms with van der Waals surface area (Å²) in [5, 5.41) is 2.79. The van der Waals surface area contributed by atoms with Crippen LogP contribution in [0.25, 0.3) is 0 Å². The topological polar surface area (TPSA) is 95.9 Å². The van der Waals surface area contributed by atoms with Gasteiger partial charge in [-0.15, -0.1) is 6.58 Å². The Morgan fingerprint density at radius 2 is 1.76 bits per heavy atom. The summed E-state index contributed by atoms with van der Waals surface area (Å²) in [6.45, 7) is 9.62. The van der Waals surface area contributed by atoms with Gasteiger partial charge in [-0.2, -0.15) is 0 Å². The van der Waals surface area contributed by atoms with Crippen LogP contribution in [0.1, 0.15) is 45.4 Å². The molecule has 2 unspecified atom stereocenters. The average Bonchev–Trinajstić information content (AvgIpc) is 3.47. The van der Waals surface area contributed by atoms with E-state index in [2.05, 4.69) is 11.9 Å². The van der Waals surface area contributed by atoms with Gasteiger partial charge in [0.1, 0.15) is 0 Å². The number of anilines is 1. The Morgan fingerprint density at radius 3 is 2.33 bits per heavy atom. The van der Waals surface area contributed by atoms with E-state index in [-0.39, 0.29) is 28.9 Å². The largest absolute Gasteiger partial charge is 0.493 e. The van der Waals surface area contributed by atoms with E-state index in [4.69, 9.17) is 14.2 Å². The van der Waals surface area contributed by atoms with E-state index < -0.39 is 12.6 Å². The van der Waals surface area contributed by atoms with Crippen molar-refractivity contribution >= 4 is 23.3 Å². The fraction of sp³-hybridized carbons (Fsp3) is 0.400. The minimum absolute atomic E-state index is 0.0826. The molecule has 1 saturated carbocycles. The molecule has 33 heavy (non-hydrogen) atoms. The lowest BCUT2D eigenvalue weighted by Crippen LogP contribution is -2.20. The highest BCUT2D eigenvalue weighted by Gasteiger charge is 2.39. The summed E-state index contributed by atoms with van der Waals surface area (Å²) in [6, 6.07) is 4.73. The van der Waals surface area contributed by atoms with Gasteiger partial charge in [0.15, 0.2) is 18.1 Å². The first kappa shape index (κ1) is 24.1. The number of ether oxygens (including phenoxy) is 3. The lowest BCUT2D eigenvalue weighted by atomic mass is 10.1. The van der Waals surface area contributed by atoms with E-state index >= 15 is 0 Å². The van der Waals surface area contributed by atoms with Crippen LogP contribution in [0.3, 0.4) is 0 Å². The molecular weight excluding hydrogens is 424 g/mol. The zero-order valence-electron chi connectivity index (χ0n) is 19.7. The molecule has 0 radical (unpaired) electrons. The number of nitrogens with zero attached hydrogens (tertiary/aromatic N) is 1. The number of esters is 1. The van der Waals surface area contributed by atoms with Crippen LogP contribution in [-0.2, 0) is 16.1 Å². The van der Waals surface area contributed by atoms with Crippen molar-refractivity contribution in [3.63, 3.8) is 0 Å². The molecule has 1 aliphatic carbocycles. The molecule has 1 N–H and O–H groups in total. The van der Waals surface area contributed by atoms with E-state index in [0.29, 0.717) is 29.5 Å². The van der Waals surface area contributed by atoms with Crippen LogP contribution in [0, 0.1) is 25.7 Å². The Kier molecular flexibility index (Phi) is 7.26. The molecule has 3 rings (SSSR count). The van der Waals surface area contributed by atoms with Gasteiger partial charge in [-0.05, 0) is 32.3 Å². The molecule has 0 spiro atoms. The molecule has 2 atom stereocenters. The molecule has 1 aromatic heterocycles. The summed E-state index contributed by atoms with van der Waals surface area (Å²) >= 11 is 0. The highest BCUT2D eigenvalue weighted by molar-refractivity contribution is 6.05. The summed E-state index contributed by atoms with van der Waals surface area (Å²) in [7, 11) is 2.91. The van der Waals surface area contributed by atoms with E-state index in [1.54, 1.807) is 12.1 Å². The smallest absolute Gasteiger partial charge is 0.340 e. The second-order valence-corrected chi connectivity index (χ2v) is 8.24. The predicted molar refractivity (Wildman–Crippen MR) is 124 cm³/mol. The lowest BCUT2D eigenvalue weighted by Gasteiger charge is -2.15. The van der Waals surface area contributed by atoms with Gasteiger partial charge in [0.2, 0.25) is 11.7 Å². The Balaban J connectivity index is 1.80. The first-order chi connectivity index (χ1) is 15.7. The molecule has 1 aliphatic rings. The van der Waals surface area contributed by atoms with E-state index in [0.717, 1.165) is 17.8 Å². The molecule has 1 fully saturated rings. The fourth-order valence-electron chi connectivity index (χ4n) is 3.84. The van der Waals surface area contributed by atoms with Crippen molar-refractivity contribution < 1.29 is 28.6 Å². The first-order valence-corrected chi connectivity index (χ1v) is 10.8. The number of carbonyl (C=O) groups excluding carboxylic acids is 3. The monoisotopic (exact) mass is 454 g/mol. The Morgan fingerprint density at radius 1 is 1.12 bits per heavy atom. The van der Waals surface area contributed by atoms with E-state index in [9.17, 15) is 14.4 Å². The summed E-state index contributed by atoms with van der Waals surface area (Å²) in [6.07, 6.45) is 2.56. The maximum Gasteiger partial charge on any atom is 0.340 e. The number of hydrogen-bond donors (Lipinski definition) is 1. The van der Waals surface area contributed by atoms with E-state index in [1.165, 1.54) is 26.4 Å². The molecule has 0 bridgehead atoms. The van der Waals surface area contributed by atoms with Gasteiger partial charge in [-0.1, -0.05) is 13.0 Å². The molecule has 1 amide bonds. The zero-order chi connectivity index (χ0) is 24.3. The standard InChI is InChI=1S/C25H30N2O6/c1-7-8-27-15(3)10-18(16(27)4)21(28)13-33-25(30)19-11-22(31-5)23(32-6)12-20(19)26-24(29)17-9-14(17)2/h7,10-12,14,17H,1,8-9,13H2,2-6H3,(H,26,29). The maximum atomic E-state index is 12.9. The van der Waals surface area contributed by atoms with Crippen LogP contribution >= 0.6 is 0 Å². The molecule has 8 heteroatoms. The van der Waals surface area contributed by atoms with Crippen molar-refractivity contribution in [2.45, 2.75) is 33.7 Å². The molecule has 8 nitrogen and oxygen atoms in total. The van der Waals surface area contributed by atoms with Gasteiger partial charge >= 0.3 is 5.97 Å². The third-order valence-corrected chi connectivity index (χ3v) is 5.97. The number of allylic oxidation sites excluding steroid dienone is 1. The summed E-state index contributed by atoms with van der Waals surface area (Å²) in [4.78, 5) is 38.2. The summed E-state index contributed by atoms with van der Waals surface area (Å²) in [5.41, 5.74) is 2.52. The number of methoxy groups -OCH3 is 2. The van der Waals surface area contributed by atoms with Gasteiger partial charge < -0.3 is 24.1 Å². The molecule has 1 heterocycles. The lowest BCUT2D eigenvalue weighted by molar-refractivity contribution is -0.117. The minimum Gasteiger partial charge on any atom is -0.493 e. The number of hydrogen-bond acceptors (Lipinski definition) is 6. The van der Waals surface area contributed by atoms with Crippen LogP contribution in [0.4, 0.5) is 5.69 Å². The number of aromatic nitrogens is 1. The van der Waals surface area contributed by atoms with Crippen LogP contribution in [-0.4, -0.2) is 43.1 Å². The quantitative estimate of drug-likeness (QED) is 0.332. The predicted octanol–water partition coefficient (Wildman–Crippen LogP) is 3.94. The van der Waals surface area contributed by atoms with Crippen molar-refractivity contribution in [2.75, 3.05) is 26.1 Å². The number of nitrogens with one attached hydrogen (secondary N) is 1. The summed E-state index contributed by atoms with van der Waals surface area (Å²) in [5.74, 6) is -0.351. The number of Topliss-reactive ketones (excluding diaryl/α,β-unsaturated/α-hetero) is 1. The molecule has 1 aromatic carbocycles. The number of rotatable bonds is 10. The first-order valence-electron chi connectivity index (χ1n) is 10.8. The van der Waals surface area contributed by atoms with Gasteiger partial charge in [0, 0.05) is 41.5 Å². The normalized spacial score (nSPS) is 16.6. The van der Waals surface area contributed by atoms with Gasteiger partial charge in [-0.25, -0.2) is 4.79 Å². The SMILES string of the molecule is C=CCn1c(C)cc(C(=O)COC(=O)c2cc(OC)c(OC)cc2NC(=O)C2CC2C)c1C. The van der Waals surface area contributed by atoms with Crippen LogP contribution in [0.2, 0.25) is 0 Å². The minimum atomic E-state index is -0.747. The van der Waals surface area contributed by atoms with Crippen molar-refractivity contribution in [2.24, 2.45) is 11.8 Å². The molecular formula is C25H30N2O6. The van der Waals surface area contributed by atoms with Crippen LogP contribution < -0.4 is 14.8 Å². The number of amides is 1. The van der Waals surface area contributed by atoms with Crippen LogP contribution in [0.15, 0.2) is 30.9 Å². The van der Waals surface area contributed by atoms with Gasteiger partial charge in [0.25, 0.3) is 0 Å². The third-order valence-electron chi connectivity index (χ3n) is 5.97. The van der Waals surface area contributed by atoms with Crippen LogP contribution in [0.5, 0.6) is 11.5 Å². The Hall–Kier alpha value is -3.55. The number of benzene rings is 1. The highest BCUT2D eigenvalue weighted by Crippen LogP contribution is 2.40. The summed E-state index contributed by atoms with van der Waals surface area (Å²) < 4.78 is 17.9. The Bertz CT molecular complexity index is 1100. The molecule has 2 aromatic rings. The van der Waals surface area contributed by atoms with Gasteiger partial charge in [-0.3, -0.25) is 9.59 Å². The van der Waals surface area contributed by atoms with Crippen molar-refractivity contribution in [3.8, 4) is 11.5 Å². The number of aryl methyl sites for hydroxylation is 1. The Labute approximate surface area is 193 Å². The number of ketones is 1. The molecule has 0 saturated heterocycles. The second-order valence-electron chi connectivity index (χ2n) is 8.24. The van der Waals surface area contributed by atoms with Gasteiger partial charge in [0.05, 0.1) is 25.5 Å².